The largest absolute Gasteiger partial charge is 0.490 e. The highest BCUT2D eigenvalue weighted by atomic mass is 32.2. The number of aromatic nitrogens is 2. The van der Waals surface area contributed by atoms with Gasteiger partial charge in [0.15, 0.2) is 11.5 Å². The van der Waals surface area contributed by atoms with Crippen molar-refractivity contribution in [3.05, 3.63) is 46.7 Å². The lowest BCUT2D eigenvalue weighted by molar-refractivity contribution is -0.00835. The number of urea groups is 1. The number of benzene rings is 1. The Morgan fingerprint density at radius 3 is 2.41 bits per heavy atom. The van der Waals surface area contributed by atoms with Gasteiger partial charge in [0.25, 0.3) is 5.91 Å². The number of hydrogen-bond acceptors (Lipinski definition) is 11. The van der Waals surface area contributed by atoms with Gasteiger partial charge in [0.1, 0.15) is 27.7 Å². The number of fused-ring (bicyclic) bond motifs is 1. The summed E-state index contributed by atoms with van der Waals surface area (Å²) < 4.78 is 51.2. The Bertz CT molecular complexity index is 1680. The molecule has 0 saturated carbocycles. The molecule has 0 unspecified atom stereocenters. The van der Waals surface area contributed by atoms with E-state index in [1.807, 2.05) is 13.8 Å². The van der Waals surface area contributed by atoms with Crippen molar-refractivity contribution in [3.8, 4) is 5.75 Å². The Morgan fingerprint density at radius 2 is 1.78 bits per heavy atom. The summed E-state index contributed by atoms with van der Waals surface area (Å²) >= 11 is 0. The number of nitrogens with zero attached hydrogens (tertiary/aromatic N) is 4. The lowest BCUT2D eigenvalue weighted by Gasteiger charge is -2.35. The molecule has 3 N–H and O–H groups in total. The van der Waals surface area contributed by atoms with Crippen molar-refractivity contribution in [2.45, 2.75) is 90.9 Å². The van der Waals surface area contributed by atoms with Crippen LogP contribution in [0.25, 0.3) is 0 Å². The molecule has 49 heavy (non-hydrogen) atoms. The first-order valence-electron chi connectivity index (χ1n) is 16.4. The van der Waals surface area contributed by atoms with E-state index >= 15 is 0 Å². The minimum Gasteiger partial charge on any atom is -0.490 e. The average molecular weight is 705 g/mol. The number of carbonyl (C=O) groups is 2. The molecule has 270 valence electrons. The third-order valence-electron chi connectivity index (χ3n) is 8.65. The zero-order valence-corrected chi connectivity index (χ0v) is 30.2. The van der Waals surface area contributed by atoms with Gasteiger partial charge in [-0.3, -0.25) is 4.79 Å². The molecule has 3 amide bonds. The number of sulfonamides is 1. The van der Waals surface area contributed by atoms with Gasteiger partial charge in [-0.25, -0.2) is 13.2 Å². The van der Waals surface area contributed by atoms with Gasteiger partial charge in [0, 0.05) is 38.3 Å². The summed E-state index contributed by atoms with van der Waals surface area (Å²) in [6.45, 7) is 12.2. The molecule has 0 aliphatic carbocycles. The molecule has 3 aromatic rings. The van der Waals surface area contributed by atoms with E-state index in [0.717, 1.165) is 6.42 Å². The first-order valence-corrected chi connectivity index (χ1v) is 17.8. The molecule has 0 fully saturated rings. The van der Waals surface area contributed by atoms with Crippen LogP contribution in [0.5, 0.6) is 5.75 Å². The van der Waals surface area contributed by atoms with Crippen molar-refractivity contribution in [1.29, 1.82) is 0 Å². The van der Waals surface area contributed by atoms with Crippen molar-refractivity contribution in [3.63, 3.8) is 0 Å². The maximum atomic E-state index is 14.4. The Kier molecular flexibility index (Phi) is 12.5. The minimum atomic E-state index is -3.96. The van der Waals surface area contributed by atoms with Gasteiger partial charge < -0.3 is 39.2 Å². The van der Waals surface area contributed by atoms with E-state index < -0.39 is 34.1 Å². The molecule has 3 heterocycles. The van der Waals surface area contributed by atoms with Crippen molar-refractivity contribution in [2.75, 3.05) is 44.0 Å². The predicted octanol–water partition coefficient (Wildman–Crippen LogP) is 4.66. The van der Waals surface area contributed by atoms with Gasteiger partial charge in [-0.1, -0.05) is 17.2 Å². The molecular formula is C33H48N6O9S. The number of anilines is 2. The van der Waals surface area contributed by atoms with Crippen LogP contribution >= 0.6 is 0 Å². The summed E-state index contributed by atoms with van der Waals surface area (Å²) in [5.74, 6) is 0.188. The van der Waals surface area contributed by atoms with Crippen LogP contribution in [0.4, 0.5) is 16.2 Å². The van der Waals surface area contributed by atoms with E-state index in [9.17, 15) is 23.1 Å². The maximum Gasteiger partial charge on any atom is 0.323 e. The highest BCUT2D eigenvalue weighted by Crippen LogP contribution is 2.30. The molecule has 15 nitrogen and oxygen atoms in total. The number of aryl methyl sites for hydroxylation is 4. The van der Waals surface area contributed by atoms with Crippen LogP contribution < -0.4 is 15.4 Å². The van der Waals surface area contributed by atoms with E-state index in [4.69, 9.17) is 18.5 Å². The summed E-state index contributed by atoms with van der Waals surface area (Å²) in [6, 6.07) is 3.67. The van der Waals surface area contributed by atoms with Crippen LogP contribution in [0.15, 0.2) is 32.1 Å². The first-order chi connectivity index (χ1) is 23.1. The van der Waals surface area contributed by atoms with E-state index in [1.54, 1.807) is 52.8 Å². The molecule has 2 aromatic heterocycles. The number of ether oxygens (including phenoxy) is 2. The summed E-state index contributed by atoms with van der Waals surface area (Å²) in [7, 11) is -2.48. The Morgan fingerprint density at radius 1 is 1.08 bits per heavy atom. The number of amides is 3. The van der Waals surface area contributed by atoms with Crippen LogP contribution in [0.2, 0.25) is 0 Å². The average Bonchev–Trinajstić information content (AvgIpc) is 3.56. The fourth-order valence-corrected chi connectivity index (χ4v) is 7.22. The van der Waals surface area contributed by atoms with Crippen molar-refractivity contribution in [2.24, 2.45) is 5.92 Å². The number of aliphatic hydroxyl groups excluding tert-OH is 1. The molecule has 0 bridgehead atoms. The van der Waals surface area contributed by atoms with Gasteiger partial charge >= 0.3 is 6.03 Å². The molecule has 1 aliphatic heterocycles. The van der Waals surface area contributed by atoms with Crippen molar-refractivity contribution < 1.29 is 41.6 Å². The molecule has 0 saturated heterocycles. The summed E-state index contributed by atoms with van der Waals surface area (Å²) in [4.78, 5) is 28.8. The van der Waals surface area contributed by atoms with Crippen LogP contribution in [0.3, 0.4) is 0 Å². The molecular weight excluding hydrogens is 656 g/mol. The molecule has 1 aliphatic rings. The second kappa shape index (κ2) is 16.1. The van der Waals surface area contributed by atoms with Gasteiger partial charge in [-0.15, -0.1) is 0 Å². The fourth-order valence-electron chi connectivity index (χ4n) is 5.75. The lowest BCUT2D eigenvalue weighted by Crippen LogP contribution is -2.48. The topological polar surface area (TPSA) is 190 Å². The summed E-state index contributed by atoms with van der Waals surface area (Å²) in [5.41, 5.74) is 1.77. The summed E-state index contributed by atoms with van der Waals surface area (Å²) in [6.07, 6.45) is 1.31. The zero-order valence-electron chi connectivity index (χ0n) is 29.4. The Hall–Kier alpha value is -3.99. The number of likely N-dealkylation sites (N-methyl/N-ethyl adjacent to an activating group) is 1. The minimum absolute atomic E-state index is 0.00745. The van der Waals surface area contributed by atoms with E-state index in [1.165, 1.54) is 16.3 Å². The fraction of sp³-hybridized carbons (Fsp3) is 0.576. The molecule has 4 atom stereocenters. The monoisotopic (exact) mass is 704 g/mol. The molecule has 0 spiro atoms. The number of rotatable bonds is 8. The Labute approximate surface area is 287 Å². The second-order valence-corrected chi connectivity index (χ2v) is 14.7. The number of aliphatic hydroxyl groups is 1. The van der Waals surface area contributed by atoms with Crippen molar-refractivity contribution >= 4 is 33.3 Å². The lowest BCUT2D eigenvalue weighted by atomic mass is 10.0. The number of carbonyl (C=O) groups excluding carboxylic acids is 2. The molecule has 4 rings (SSSR count). The third-order valence-corrected chi connectivity index (χ3v) is 10.7. The highest BCUT2D eigenvalue weighted by Gasteiger charge is 2.34. The van der Waals surface area contributed by atoms with Gasteiger partial charge in [0.05, 0.1) is 30.4 Å². The molecule has 0 radical (unpaired) electrons. The van der Waals surface area contributed by atoms with Gasteiger partial charge in [0.2, 0.25) is 10.0 Å². The van der Waals surface area contributed by atoms with Crippen LogP contribution in [0.1, 0.15) is 73.3 Å². The van der Waals surface area contributed by atoms with E-state index in [0.29, 0.717) is 48.0 Å². The predicted molar refractivity (Wildman–Crippen MR) is 181 cm³/mol. The van der Waals surface area contributed by atoms with Crippen LogP contribution in [0, 0.1) is 33.6 Å². The normalized spacial score (nSPS) is 20.3. The molecule has 16 heteroatoms. The zero-order chi connectivity index (χ0) is 36.0. The third kappa shape index (κ3) is 8.98. The standard InChI is InChI=1S/C33H48N6O9S/c1-19-16-39(20(2)18-40)32(41)27-15-26(34-33(42)35-30-22(4)36-47-24(30)6)12-13-28(27)46-21(3)11-9-10-14-45-29(19)17-38(8)49(43,44)31-23(5)37-48-25(31)7/h12-13,15,19-21,29,40H,9-11,14,16-18H2,1-8H3,(H2,34,35,42)/t19-,20+,21-,29+/m1/s1. The van der Waals surface area contributed by atoms with E-state index in [2.05, 4.69) is 20.9 Å². The van der Waals surface area contributed by atoms with Crippen LogP contribution in [-0.4, -0.2) is 96.6 Å². The summed E-state index contributed by atoms with van der Waals surface area (Å²) in [5, 5.41) is 23.4. The quantitative estimate of drug-likeness (QED) is 0.296. The van der Waals surface area contributed by atoms with Crippen molar-refractivity contribution in [1.82, 2.24) is 19.5 Å². The first kappa shape index (κ1) is 37.8. The van der Waals surface area contributed by atoms with Gasteiger partial charge in [-0.2, -0.15) is 4.31 Å². The Balaban J connectivity index is 1.64. The highest BCUT2D eigenvalue weighted by molar-refractivity contribution is 7.89. The second-order valence-electron chi connectivity index (χ2n) is 12.7. The smallest absolute Gasteiger partial charge is 0.323 e. The van der Waals surface area contributed by atoms with Crippen LogP contribution in [-0.2, 0) is 14.8 Å². The van der Waals surface area contributed by atoms with E-state index in [-0.39, 0.29) is 53.6 Å². The maximum absolute atomic E-state index is 14.4. The molecule has 1 aromatic carbocycles. The number of nitrogens with one attached hydrogen (secondary N) is 2. The SMILES string of the molecule is Cc1noc(C)c1NC(=O)Nc1ccc2c(c1)C(=O)N([C@@H](C)CO)C[C@@H](C)[C@H](CN(C)S(=O)(=O)c1c(C)noc1C)OCCCC[C@@H](C)O2. The number of hydrogen-bond donors (Lipinski definition) is 3. The van der Waals surface area contributed by atoms with Gasteiger partial charge in [-0.05, 0) is 79.0 Å².